The van der Waals surface area contributed by atoms with Gasteiger partial charge in [-0.1, -0.05) is 27.7 Å². The van der Waals surface area contributed by atoms with E-state index >= 15 is 0 Å². The molecule has 0 aliphatic heterocycles. The summed E-state index contributed by atoms with van der Waals surface area (Å²) in [5.41, 5.74) is 0. The largest absolute Gasteiger partial charge is 0.346 e. The molecule has 4 amide bonds. The first-order valence-electron chi connectivity index (χ1n) is 9.75. The number of Topliss-reactive ketones (excluding diaryl/α,β-unsaturated/α-hetero) is 1. The number of carbonyl (C=O) groups excluding carboxylic acids is 5. The summed E-state index contributed by atoms with van der Waals surface area (Å²) < 4.78 is 0. The Kier molecular flexibility index (Phi) is 19.0. The predicted octanol–water partition coefficient (Wildman–Crippen LogP) is 0.727. The standard InChI is InChI=1S/C11H19N3O4.C7H15NO.C2H6/c1-9(16)5-13(3)11(18)7-14(4)10(17)6-12(2)8-15;1-5-8(4)7(9)6(2)3;1-2/h8H,5-7H2,1-4H3;6H,5H2,1-4H3;1-2H3. The van der Waals surface area contributed by atoms with E-state index in [2.05, 4.69) is 0 Å². The molecule has 0 spiro atoms. The Labute approximate surface area is 176 Å². The summed E-state index contributed by atoms with van der Waals surface area (Å²) in [5, 5.41) is 0. The molecule has 0 radical (unpaired) electrons. The van der Waals surface area contributed by atoms with E-state index in [1.807, 2.05) is 41.7 Å². The van der Waals surface area contributed by atoms with Gasteiger partial charge in [0.2, 0.25) is 24.1 Å². The van der Waals surface area contributed by atoms with E-state index < -0.39 is 0 Å². The third-order valence-corrected chi connectivity index (χ3v) is 3.59. The third kappa shape index (κ3) is 16.2. The Balaban J connectivity index is -0.000000515. The molecule has 0 aromatic rings. The Hall–Kier alpha value is -2.45. The highest BCUT2D eigenvalue weighted by Crippen LogP contribution is 1.97. The van der Waals surface area contributed by atoms with Gasteiger partial charge in [0, 0.05) is 40.7 Å². The summed E-state index contributed by atoms with van der Waals surface area (Å²) >= 11 is 0. The summed E-state index contributed by atoms with van der Waals surface area (Å²) in [6.07, 6.45) is 0.537. The fraction of sp³-hybridized carbons (Fsp3) is 0.750. The molecule has 0 aromatic carbocycles. The molecule has 0 aromatic heterocycles. The summed E-state index contributed by atoms with van der Waals surface area (Å²) in [4.78, 5) is 60.8. The van der Waals surface area contributed by atoms with Crippen molar-refractivity contribution in [2.24, 2.45) is 5.92 Å². The molecular weight excluding hydrogens is 376 g/mol. The van der Waals surface area contributed by atoms with Gasteiger partial charge in [-0.05, 0) is 13.8 Å². The Morgan fingerprint density at radius 2 is 1.21 bits per heavy atom. The van der Waals surface area contributed by atoms with Crippen molar-refractivity contribution in [1.29, 1.82) is 0 Å². The molecule has 0 saturated heterocycles. The maximum absolute atomic E-state index is 11.6. The monoisotopic (exact) mass is 416 g/mol. The normalized spacial score (nSPS) is 9.21. The van der Waals surface area contributed by atoms with Gasteiger partial charge in [0.25, 0.3) is 0 Å². The molecule has 170 valence electrons. The fourth-order valence-electron chi connectivity index (χ4n) is 1.80. The maximum Gasteiger partial charge on any atom is 0.242 e. The van der Waals surface area contributed by atoms with Gasteiger partial charge in [0.1, 0.15) is 5.78 Å². The second kappa shape index (κ2) is 17.6. The number of hydrogen-bond acceptors (Lipinski definition) is 5. The van der Waals surface area contributed by atoms with Crippen LogP contribution in [0.2, 0.25) is 0 Å². The predicted molar refractivity (Wildman–Crippen MR) is 114 cm³/mol. The van der Waals surface area contributed by atoms with Gasteiger partial charge in [0.15, 0.2) is 0 Å². The minimum Gasteiger partial charge on any atom is -0.346 e. The molecule has 0 fully saturated rings. The minimum atomic E-state index is -0.339. The van der Waals surface area contributed by atoms with Gasteiger partial charge in [-0.3, -0.25) is 24.0 Å². The van der Waals surface area contributed by atoms with Crippen LogP contribution < -0.4 is 0 Å². The topological polar surface area (TPSA) is 98.3 Å². The number of likely N-dealkylation sites (N-methyl/N-ethyl adjacent to an activating group) is 3. The first-order valence-corrected chi connectivity index (χ1v) is 9.75. The summed E-state index contributed by atoms with van der Waals surface area (Å²) in [5.74, 6) is -0.433. The van der Waals surface area contributed by atoms with Crippen LogP contribution in [-0.2, 0) is 24.0 Å². The number of nitrogens with zero attached hydrogens (tertiary/aromatic N) is 4. The van der Waals surface area contributed by atoms with Crippen molar-refractivity contribution in [2.45, 2.75) is 41.5 Å². The van der Waals surface area contributed by atoms with Crippen LogP contribution in [0.4, 0.5) is 0 Å². The average Bonchev–Trinajstić information content (AvgIpc) is 2.67. The van der Waals surface area contributed by atoms with Crippen molar-refractivity contribution in [1.82, 2.24) is 19.6 Å². The van der Waals surface area contributed by atoms with E-state index in [-0.39, 0.29) is 49.1 Å². The number of hydrogen-bond donors (Lipinski definition) is 0. The van der Waals surface area contributed by atoms with Crippen LogP contribution in [0.25, 0.3) is 0 Å². The Bertz CT molecular complexity index is 523. The highest BCUT2D eigenvalue weighted by Gasteiger charge is 2.17. The average molecular weight is 417 g/mol. The number of carbonyl (C=O) groups is 5. The molecule has 0 N–H and O–H groups in total. The van der Waals surface area contributed by atoms with Crippen LogP contribution in [0.5, 0.6) is 0 Å². The van der Waals surface area contributed by atoms with Crippen molar-refractivity contribution < 1.29 is 24.0 Å². The minimum absolute atomic E-state index is 0.0229. The van der Waals surface area contributed by atoms with Crippen molar-refractivity contribution >= 4 is 29.9 Å². The second-order valence-electron chi connectivity index (χ2n) is 6.73. The quantitative estimate of drug-likeness (QED) is 0.516. The Morgan fingerprint density at radius 3 is 1.52 bits per heavy atom. The molecule has 9 nitrogen and oxygen atoms in total. The van der Waals surface area contributed by atoms with E-state index in [4.69, 9.17) is 0 Å². The molecule has 0 aliphatic carbocycles. The molecule has 0 atom stereocenters. The molecule has 0 rings (SSSR count). The highest BCUT2D eigenvalue weighted by molar-refractivity contribution is 5.88. The molecule has 9 heteroatoms. The van der Waals surface area contributed by atoms with Gasteiger partial charge in [-0.2, -0.15) is 0 Å². The molecule has 0 bridgehead atoms. The van der Waals surface area contributed by atoms with E-state index in [0.717, 1.165) is 6.54 Å². The highest BCUT2D eigenvalue weighted by atomic mass is 16.2. The fourth-order valence-corrected chi connectivity index (χ4v) is 1.80. The first kappa shape index (κ1) is 31.3. The zero-order valence-corrected chi connectivity index (χ0v) is 19.8. The van der Waals surface area contributed by atoms with Crippen molar-refractivity contribution in [3.63, 3.8) is 0 Å². The molecule has 29 heavy (non-hydrogen) atoms. The summed E-state index contributed by atoms with van der Waals surface area (Å²) in [6.45, 7) is 11.8. The van der Waals surface area contributed by atoms with Crippen LogP contribution in [0.15, 0.2) is 0 Å². The van der Waals surface area contributed by atoms with Crippen molar-refractivity contribution in [3.8, 4) is 0 Å². The van der Waals surface area contributed by atoms with Crippen LogP contribution in [0.3, 0.4) is 0 Å². The van der Waals surface area contributed by atoms with E-state index in [1.165, 1.54) is 42.8 Å². The molecular formula is C20H40N4O5. The molecule has 0 aliphatic rings. The van der Waals surface area contributed by atoms with Crippen LogP contribution in [0.1, 0.15) is 41.5 Å². The first-order chi connectivity index (χ1) is 13.4. The maximum atomic E-state index is 11.6. The summed E-state index contributed by atoms with van der Waals surface area (Å²) in [7, 11) is 6.27. The number of amides is 4. The Morgan fingerprint density at radius 1 is 0.793 bits per heavy atom. The summed E-state index contributed by atoms with van der Waals surface area (Å²) in [6, 6.07) is 0. The van der Waals surface area contributed by atoms with Crippen LogP contribution in [0, 0.1) is 5.92 Å². The van der Waals surface area contributed by atoms with E-state index in [1.54, 1.807) is 4.90 Å². The van der Waals surface area contributed by atoms with E-state index in [0.29, 0.717) is 6.41 Å². The molecule has 0 saturated carbocycles. The van der Waals surface area contributed by atoms with Gasteiger partial charge >= 0.3 is 0 Å². The van der Waals surface area contributed by atoms with Crippen LogP contribution >= 0.6 is 0 Å². The SMILES string of the molecule is CC.CC(=O)CN(C)C(=O)CN(C)C(=O)CN(C)C=O.CCN(C)C(=O)C(C)C. The van der Waals surface area contributed by atoms with Crippen molar-refractivity contribution in [3.05, 3.63) is 0 Å². The number of ketones is 1. The van der Waals surface area contributed by atoms with Crippen LogP contribution in [-0.4, -0.2) is 104 Å². The zero-order valence-electron chi connectivity index (χ0n) is 19.8. The molecule has 0 heterocycles. The lowest BCUT2D eigenvalue weighted by Gasteiger charge is -2.22. The van der Waals surface area contributed by atoms with E-state index in [9.17, 15) is 24.0 Å². The third-order valence-electron chi connectivity index (χ3n) is 3.59. The van der Waals surface area contributed by atoms with Gasteiger partial charge in [-0.15, -0.1) is 0 Å². The molecule has 0 unspecified atom stereocenters. The van der Waals surface area contributed by atoms with Gasteiger partial charge < -0.3 is 19.6 Å². The lowest BCUT2D eigenvalue weighted by Crippen LogP contribution is -2.43. The lowest BCUT2D eigenvalue weighted by atomic mass is 10.2. The van der Waals surface area contributed by atoms with Gasteiger partial charge in [0.05, 0.1) is 19.6 Å². The smallest absolute Gasteiger partial charge is 0.242 e. The van der Waals surface area contributed by atoms with Gasteiger partial charge in [-0.25, -0.2) is 0 Å². The van der Waals surface area contributed by atoms with Crippen molar-refractivity contribution in [2.75, 3.05) is 54.4 Å². The number of rotatable bonds is 9. The second-order valence-corrected chi connectivity index (χ2v) is 6.73. The lowest BCUT2D eigenvalue weighted by molar-refractivity contribution is -0.140. The zero-order chi connectivity index (χ0) is 23.7.